The maximum Gasteiger partial charge on any atom is 0.281 e. The minimum atomic E-state index is -3.31. The van der Waals surface area contributed by atoms with Crippen LogP contribution in [0.4, 0.5) is 0 Å². The third-order valence-electron chi connectivity index (χ3n) is 5.43. The molecule has 0 saturated carbocycles. The lowest BCUT2D eigenvalue weighted by molar-refractivity contribution is -0.0613. The summed E-state index contributed by atoms with van der Waals surface area (Å²) in [6, 6.07) is 3.93. The van der Waals surface area contributed by atoms with E-state index in [9.17, 15) is 8.42 Å². The van der Waals surface area contributed by atoms with Crippen molar-refractivity contribution in [2.75, 3.05) is 47.4 Å². The fourth-order valence-corrected chi connectivity index (χ4v) is 5.02. The summed E-state index contributed by atoms with van der Waals surface area (Å²) >= 11 is 0. The molecular weight excluding hydrogens is 340 g/mol. The van der Waals surface area contributed by atoms with Gasteiger partial charge in [-0.1, -0.05) is 6.07 Å². The second kappa shape index (κ2) is 7.28. The minimum Gasteiger partial charge on any atom is -0.376 e. The van der Waals surface area contributed by atoms with Gasteiger partial charge in [-0.15, -0.1) is 0 Å². The van der Waals surface area contributed by atoms with Crippen LogP contribution in [0, 0.1) is 5.92 Å². The van der Waals surface area contributed by atoms with Crippen molar-refractivity contribution >= 4 is 10.2 Å². The topological polar surface area (TPSA) is 66.0 Å². The highest BCUT2D eigenvalue weighted by atomic mass is 32.2. The van der Waals surface area contributed by atoms with E-state index in [0.717, 1.165) is 24.9 Å². The molecule has 0 radical (unpaired) electrons. The lowest BCUT2D eigenvalue weighted by atomic mass is 9.77. The van der Waals surface area contributed by atoms with Crippen LogP contribution in [0.15, 0.2) is 24.5 Å². The van der Waals surface area contributed by atoms with Gasteiger partial charge in [0, 0.05) is 51.7 Å². The van der Waals surface area contributed by atoms with Gasteiger partial charge in [-0.25, -0.2) is 0 Å². The first-order valence-electron chi connectivity index (χ1n) is 8.69. The standard InChI is InChI=1S/C17H28N4O3S/c1-19(2)25(22,23)21-13-17(14-21)9-15(6-8-20(17)3)11-24-12-16-5-4-7-18-10-16/h4-5,7,10,15H,6,8-9,11-14H2,1-3H3/t15-/m0/s1. The molecule has 1 aromatic heterocycles. The monoisotopic (exact) mass is 368 g/mol. The van der Waals surface area contributed by atoms with Gasteiger partial charge in [0.05, 0.1) is 6.61 Å². The molecule has 8 heteroatoms. The van der Waals surface area contributed by atoms with Crippen molar-refractivity contribution in [2.24, 2.45) is 5.92 Å². The molecule has 1 aromatic rings. The summed E-state index contributed by atoms with van der Waals surface area (Å²) in [6.07, 6.45) is 5.65. The number of rotatable bonds is 6. The number of aromatic nitrogens is 1. The fraction of sp³-hybridized carbons (Fsp3) is 0.706. The van der Waals surface area contributed by atoms with E-state index in [4.69, 9.17) is 4.74 Å². The van der Waals surface area contributed by atoms with Gasteiger partial charge in [0.15, 0.2) is 0 Å². The van der Waals surface area contributed by atoms with Crippen LogP contribution in [0.5, 0.6) is 0 Å². The summed E-state index contributed by atoms with van der Waals surface area (Å²) in [5.74, 6) is 0.470. The molecule has 2 aliphatic rings. The van der Waals surface area contributed by atoms with E-state index >= 15 is 0 Å². The van der Waals surface area contributed by atoms with Crippen LogP contribution in [0.2, 0.25) is 0 Å². The van der Waals surface area contributed by atoms with Crippen LogP contribution in [0.3, 0.4) is 0 Å². The summed E-state index contributed by atoms with van der Waals surface area (Å²) in [5, 5.41) is 0. The second-order valence-electron chi connectivity index (χ2n) is 7.44. The van der Waals surface area contributed by atoms with Gasteiger partial charge >= 0.3 is 0 Å². The molecule has 2 saturated heterocycles. The number of nitrogens with zero attached hydrogens (tertiary/aromatic N) is 4. The lowest BCUT2D eigenvalue weighted by Gasteiger charge is -2.58. The van der Waals surface area contributed by atoms with Gasteiger partial charge in [-0.2, -0.15) is 17.0 Å². The molecule has 0 amide bonds. The first-order valence-corrected chi connectivity index (χ1v) is 10.1. The molecule has 25 heavy (non-hydrogen) atoms. The van der Waals surface area contributed by atoms with Crippen molar-refractivity contribution in [3.05, 3.63) is 30.1 Å². The van der Waals surface area contributed by atoms with Crippen molar-refractivity contribution in [1.82, 2.24) is 18.5 Å². The Bertz CT molecular complexity index is 674. The molecule has 2 aliphatic heterocycles. The number of likely N-dealkylation sites (N-methyl/N-ethyl adjacent to an activating group) is 1. The van der Waals surface area contributed by atoms with Gasteiger partial charge < -0.3 is 4.74 Å². The van der Waals surface area contributed by atoms with Gasteiger partial charge in [-0.05, 0) is 44.0 Å². The van der Waals surface area contributed by atoms with E-state index in [0.29, 0.717) is 32.2 Å². The maximum absolute atomic E-state index is 12.3. The molecule has 2 fully saturated rings. The average molecular weight is 369 g/mol. The number of likely N-dealkylation sites (tertiary alicyclic amines) is 1. The molecule has 0 N–H and O–H groups in total. The summed E-state index contributed by atoms with van der Waals surface area (Å²) < 4.78 is 33.3. The quantitative estimate of drug-likeness (QED) is 0.743. The van der Waals surface area contributed by atoms with E-state index in [1.54, 1.807) is 24.6 Å². The largest absolute Gasteiger partial charge is 0.376 e. The molecular formula is C17H28N4O3S. The Hall–Kier alpha value is -1.06. The smallest absolute Gasteiger partial charge is 0.281 e. The molecule has 0 aromatic carbocycles. The van der Waals surface area contributed by atoms with E-state index in [1.165, 1.54) is 4.31 Å². The van der Waals surface area contributed by atoms with Crippen LogP contribution in [0.25, 0.3) is 0 Å². The average Bonchev–Trinajstić information content (AvgIpc) is 2.55. The molecule has 3 heterocycles. The van der Waals surface area contributed by atoms with Gasteiger partial charge in [-0.3, -0.25) is 9.88 Å². The number of piperidine rings is 1. The van der Waals surface area contributed by atoms with Crippen molar-refractivity contribution in [2.45, 2.75) is 25.0 Å². The zero-order chi connectivity index (χ0) is 18.1. The van der Waals surface area contributed by atoms with E-state index < -0.39 is 10.2 Å². The zero-order valence-corrected chi connectivity index (χ0v) is 16.1. The van der Waals surface area contributed by atoms with Gasteiger partial charge in [0.1, 0.15) is 0 Å². The van der Waals surface area contributed by atoms with Gasteiger partial charge in [0.25, 0.3) is 10.2 Å². The highest BCUT2D eigenvalue weighted by Gasteiger charge is 2.53. The second-order valence-corrected chi connectivity index (χ2v) is 9.58. The number of ether oxygens (including phenoxy) is 1. The van der Waals surface area contributed by atoms with Crippen LogP contribution >= 0.6 is 0 Å². The van der Waals surface area contributed by atoms with Crippen molar-refractivity contribution in [3.63, 3.8) is 0 Å². The maximum atomic E-state index is 12.3. The van der Waals surface area contributed by atoms with E-state index in [-0.39, 0.29) is 5.54 Å². The summed E-state index contributed by atoms with van der Waals surface area (Å²) in [4.78, 5) is 6.42. The zero-order valence-electron chi connectivity index (χ0n) is 15.3. The Balaban J connectivity index is 1.53. The molecule has 0 unspecified atom stereocenters. The third kappa shape index (κ3) is 3.88. The molecule has 7 nitrogen and oxygen atoms in total. The normalized spacial score (nSPS) is 24.6. The summed E-state index contributed by atoms with van der Waals surface area (Å²) in [7, 11) is 1.96. The Morgan fingerprint density at radius 3 is 2.80 bits per heavy atom. The molecule has 0 bridgehead atoms. The predicted octanol–water partition coefficient (Wildman–Crippen LogP) is 0.801. The Morgan fingerprint density at radius 2 is 2.16 bits per heavy atom. The van der Waals surface area contributed by atoms with Crippen molar-refractivity contribution < 1.29 is 13.2 Å². The van der Waals surface area contributed by atoms with Crippen LogP contribution < -0.4 is 0 Å². The van der Waals surface area contributed by atoms with Gasteiger partial charge in [0.2, 0.25) is 0 Å². The highest BCUT2D eigenvalue weighted by molar-refractivity contribution is 7.86. The minimum absolute atomic E-state index is 0.0380. The fourth-order valence-electron chi connectivity index (χ4n) is 3.75. The molecule has 1 atom stereocenters. The summed E-state index contributed by atoms with van der Waals surface area (Å²) in [6.45, 7) is 3.42. The molecule has 3 rings (SSSR count). The van der Waals surface area contributed by atoms with Crippen LogP contribution in [-0.4, -0.2) is 79.8 Å². The number of pyridine rings is 1. The first kappa shape index (κ1) is 18.7. The van der Waals surface area contributed by atoms with Crippen molar-refractivity contribution in [3.8, 4) is 0 Å². The molecule has 140 valence electrons. The SMILES string of the molecule is CN1CC[C@H](COCc2cccnc2)CC12CN(S(=O)(=O)N(C)C)C2. The molecule has 0 aliphatic carbocycles. The highest BCUT2D eigenvalue weighted by Crippen LogP contribution is 2.39. The van der Waals surface area contributed by atoms with Crippen LogP contribution in [-0.2, 0) is 21.6 Å². The first-order chi connectivity index (χ1) is 11.8. The molecule has 1 spiro atoms. The third-order valence-corrected chi connectivity index (χ3v) is 7.26. The number of hydrogen-bond acceptors (Lipinski definition) is 5. The summed E-state index contributed by atoms with van der Waals surface area (Å²) in [5.41, 5.74) is 1.04. The van der Waals surface area contributed by atoms with Crippen molar-refractivity contribution in [1.29, 1.82) is 0 Å². The van der Waals surface area contributed by atoms with E-state index in [1.807, 2.05) is 18.3 Å². The Labute approximate surface area is 150 Å². The Morgan fingerprint density at radius 1 is 1.40 bits per heavy atom. The predicted molar refractivity (Wildman–Crippen MR) is 96.2 cm³/mol. The van der Waals surface area contributed by atoms with E-state index in [2.05, 4.69) is 16.9 Å². The lowest BCUT2D eigenvalue weighted by Crippen LogP contribution is -2.73. The number of hydrogen-bond donors (Lipinski definition) is 0. The Kier molecular flexibility index (Phi) is 5.45. The van der Waals surface area contributed by atoms with Crippen LogP contribution in [0.1, 0.15) is 18.4 Å².